The van der Waals surface area contributed by atoms with Gasteiger partial charge >= 0.3 is 0 Å². The van der Waals surface area contributed by atoms with Crippen molar-refractivity contribution in [3.63, 3.8) is 0 Å². The Hall–Kier alpha value is -2.05. The van der Waals surface area contributed by atoms with Crippen molar-refractivity contribution in [3.8, 4) is 0 Å². The Labute approximate surface area is 189 Å². The topological polar surface area (TPSA) is 57.2 Å². The second kappa shape index (κ2) is 12.7. The van der Waals surface area contributed by atoms with E-state index in [4.69, 9.17) is 0 Å². The van der Waals surface area contributed by atoms with Gasteiger partial charge in [-0.25, -0.2) is 9.97 Å². The molecular formula is C25H42N6. The number of hydrogen-bond donors (Lipinski definition) is 1. The van der Waals surface area contributed by atoms with Gasteiger partial charge in [0.2, 0.25) is 0 Å². The lowest BCUT2D eigenvalue weighted by atomic mass is 9.96. The fourth-order valence-electron chi connectivity index (χ4n) is 4.17. The van der Waals surface area contributed by atoms with E-state index >= 15 is 0 Å². The Balaban J connectivity index is 0.000000237. The predicted octanol–water partition coefficient (Wildman–Crippen LogP) is 4.02. The maximum absolute atomic E-state index is 4.60. The third-order valence-corrected chi connectivity index (χ3v) is 6.01. The SMILES string of the molecule is CC.CNCc1cc(N2CC(C)N(C)C(C)C2)nc(C)n1.c1cnc2c(c1)CCCC2. The van der Waals surface area contributed by atoms with Gasteiger partial charge in [-0.15, -0.1) is 0 Å². The first-order chi connectivity index (χ1) is 15.0. The summed E-state index contributed by atoms with van der Waals surface area (Å²) in [5.74, 6) is 1.91. The molecule has 31 heavy (non-hydrogen) atoms. The van der Waals surface area contributed by atoms with E-state index in [1.165, 1.54) is 36.9 Å². The van der Waals surface area contributed by atoms with Crippen LogP contribution in [0.3, 0.4) is 0 Å². The smallest absolute Gasteiger partial charge is 0.132 e. The summed E-state index contributed by atoms with van der Waals surface area (Å²) in [4.78, 5) is 18.2. The number of nitrogens with one attached hydrogen (secondary N) is 1. The third-order valence-electron chi connectivity index (χ3n) is 6.01. The fourth-order valence-corrected chi connectivity index (χ4v) is 4.17. The standard InChI is InChI=1S/C14H25N5.C9H11N.C2H6/c1-10-8-19(9-11(2)18(10)5)14-6-13(7-15-4)16-12(3)17-14;1-2-6-9-8(4-1)5-3-7-10-9;1-2/h6,10-11,15H,7-9H2,1-5H3;3,5,7H,1-2,4,6H2;1-2H3. The highest BCUT2D eigenvalue weighted by Crippen LogP contribution is 2.20. The minimum atomic E-state index is 0.548. The van der Waals surface area contributed by atoms with Gasteiger partial charge in [-0.05, 0) is 72.2 Å². The van der Waals surface area contributed by atoms with E-state index in [2.05, 4.69) is 63.1 Å². The Morgan fingerprint density at radius 2 is 1.74 bits per heavy atom. The molecule has 172 valence electrons. The van der Waals surface area contributed by atoms with E-state index in [0.717, 1.165) is 37.0 Å². The molecule has 0 bridgehead atoms. The summed E-state index contributed by atoms with van der Waals surface area (Å²) in [7, 11) is 4.14. The summed E-state index contributed by atoms with van der Waals surface area (Å²) in [6.07, 6.45) is 6.99. The van der Waals surface area contributed by atoms with Crippen LogP contribution in [0, 0.1) is 6.92 Å². The van der Waals surface area contributed by atoms with Crippen molar-refractivity contribution in [2.75, 3.05) is 32.1 Å². The summed E-state index contributed by atoms with van der Waals surface area (Å²) >= 11 is 0. The van der Waals surface area contributed by atoms with Crippen LogP contribution < -0.4 is 10.2 Å². The van der Waals surface area contributed by atoms with E-state index in [-0.39, 0.29) is 0 Å². The van der Waals surface area contributed by atoms with Crippen LogP contribution >= 0.6 is 0 Å². The van der Waals surface area contributed by atoms with Crippen LogP contribution in [0.1, 0.15) is 63.3 Å². The molecule has 0 amide bonds. The normalized spacial score (nSPS) is 20.7. The average Bonchev–Trinajstić information content (AvgIpc) is 2.79. The first kappa shape index (κ1) is 25.2. The van der Waals surface area contributed by atoms with Gasteiger partial charge in [0.05, 0.1) is 5.69 Å². The first-order valence-electron chi connectivity index (χ1n) is 11.9. The molecule has 2 aliphatic rings. The van der Waals surface area contributed by atoms with Gasteiger partial charge in [-0.3, -0.25) is 9.88 Å². The van der Waals surface area contributed by atoms with E-state index in [1.807, 2.05) is 40.1 Å². The summed E-state index contributed by atoms with van der Waals surface area (Å²) in [6.45, 7) is 13.3. The molecule has 6 nitrogen and oxygen atoms in total. The second-order valence-electron chi connectivity index (χ2n) is 8.38. The third kappa shape index (κ3) is 7.25. The number of aryl methyl sites for hydroxylation is 3. The molecule has 0 spiro atoms. The van der Waals surface area contributed by atoms with Crippen molar-refractivity contribution >= 4 is 5.82 Å². The Morgan fingerprint density at radius 1 is 1.06 bits per heavy atom. The minimum absolute atomic E-state index is 0.548. The quantitative estimate of drug-likeness (QED) is 0.800. The number of piperazine rings is 1. The predicted molar refractivity (Wildman–Crippen MR) is 131 cm³/mol. The number of rotatable bonds is 3. The number of pyridine rings is 1. The number of anilines is 1. The van der Waals surface area contributed by atoms with Crippen LogP contribution in [-0.4, -0.2) is 59.1 Å². The van der Waals surface area contributed by atoms with Crippen molar-refractivity contribution < 1.29 is 0 Å². The van der Waals surface area contributed by atoms with Gasteiger partial charge in [-0.2, -0.15) is 0 Å². The van der Waals surface area contributed by atoms with Crippen LogP contribution in [0.15, 0.2) is 24.4 Å². The maximum Gasteiger partial charge on any atom is 0.132 e. The lowest BCUT2D eigenvalue weighted by Gasteiger charge is -2.43. The van der Waals surface area contributed by atoms with Crippen LogP contribution in [0.5, 0.6) is 0 Å². The van der Waals surface area contributed by atoms with E-state index in [1.54, 1.807) is 0 Å². The van der Waals surface area contributed by atoms with Gasteiger partial charge in [0, 0.05) is 49.7 Å². The van der Waals surface area contributed by atoms with E-state index in [9.17, 15) is 0 Å². The first-order valence-corrected chi connectivity index (χ1v) is 11.9. The van der Waals surface area contributed by atoms with Crippen molar-refractivity contribution in [2.45, 2.75) is 78.9 Å². The summed E-state index contributed by atoms with van der Waals surface area (Å²) < 4.78 is 0. The van der Waals surface area contributed by atoms with Crippen LogP contribution in [0.25, 0.3) is 0 Å². The molecule has 1 saturated heterocycles. The molecule has 0 radical (unpaired) electrons. The highest BCUT2D eigenvalue weighted by atomic mass is 15.3. The molecule has 1 fully saturated rings. The number of likely N-dealkylation sites (N-methyl/N-ethyl adjacent to an activating group) is 1. The number of aromatic nitrogens is 3. The van der Waals surface area contributed by atoms with Crippen LogP contribution in [0.4, 0.5) is 5.82 Å². The maximum atomic E-state index is 4.60. The highest BCUT2D eigenvalue weighted by Gasteiger charge is 2.27. The average molecular weight is 427 g/mol. The highest BCUT2D eigenvalue weighted by molar-refractivity contribution is 5.41. The lowest BCUT2D eigenvalue weighted by molar-refractivity contribution is 0.169. The lowest BCUT2D eigenvalue weighted by Crippen LogP contribution is -2.55. The molecule has 0 aromatic carbocycles. The Bertz CT molecular complexity index is 756. The van der Waals surface area contributed by atoms with Gasteiger partial charge in [0.15, 0.2) is 0 Å². The second-order valence-corrected chi connectivity index (χ2v) is 8.38. The number of fused-ring (bicyclic) bond motifs is 1. The monoisotopic (exact) mass is 426 g/mol. The van der Waals surface area contributed by atoms with Gasteiger partial charge in [0.1, 0.15) is 11.6 Å². The Kier molecular flexibility index (Phi) is 10.3. The molecule has 4 rings (SSSR count). The van der Waals surface area contributed by atoms with Gasteiger partial charge < -0.3 is 10.2 Å². The molecule has 1 aliphatic carbocycles. The molecule has 0 saturated carbocycles. The Morgan fingerprint density at radius 3 is 2.39 bits per heavy atom. The van der Waals surface area contributed by atoms with Crippen molar-refractivity contribution in [1.82, 2.24) is 25.2 Å². The molecule has 3 heterocycles. The molecule has 2 unspecified atom stereocenters. The van der Waals surface area contributed by atoms with Crippen molar-refractivity contribution in [2.24, 2.45) is 0 Å². The fraction of sp³-hybridized carbons (Fsp3) is 0.640. The molecule has 2 aromatic rings. The zero-order valence-electron chi connectivity index (χ0n) is 20.6. The summed E-state index contributed by atoms with van der Waals surface area (Å²) in [6, 6.07) is 7.43. The summed E-state index contributed by atoms with van der Waals surface area (Å²) in [5.41, 5.74) is 3.85. The molecule has 2 aromatic heterocycles. The summed E-state index contributed by atoms with van der Waals surface area (Å²) in [5, 5.41) is 3.15. The molecule has 1 aliphatic heterocycles. The van der Waals surface area contributed by atoms with Crippen molar-refractivity contribution in [1.29, 1.82) is 0 Å². The van der Waals surface area contributed by atoms with E-state index < -0.39 is 0 Å². The van der Waals surface area contributed by atoms with Gasteiger partial charge in [0.25, 0.3) is 0 Å². The number of nitrogens with zero attached hydrogens (tertiary/aromatic N) is 5. The number of hydrogen-bond acceptors (Lipinski definition) is 6. The molecule has 1 N–H and O–H groups in total. The molecular weight excluding hydrogens is 384 g/mol. The van der Waals surface area contributed by atoms with Crippen LogP contribution in [0.2, 0.25) is 0 Å². The van der Waals surface area contributed by atoms with Crippen LogP contribution in [-0.2, 0) is 19.4 Å². The largest absolute Gasteiger partial charge is 0.353 e. The van der Waals surface area contributed by atoms with Gasteiger partial charge in [-0.1, -0.05) is 19.9 Å². The zero-order valence-corrected chi connectivity index (χ0v) is 20.6. The zero-order chi connectivity index (χ0) is 22.8. The minimum Gasteiger partial charge on any atom is -0.353 e. The van der Waals surface area contributed by atoms with Crippen molar-refractivity contribution in [3.05, 3.63) is 47.2 Å². The molecule has 6 heteroatoms. The van der Waals surface area contributed by atoms with E-state index in [0.29, 0.717) is 12.1 Å². The molecule has 2 atom stereocenters.